The summed E-state index contributed by atoms with van der Waals surface area (Å²) < 4.78 is 0. The molecule has 0 aliphatic heterocycles. The molecule has 0 heterocycles. The Hall–Kier alpha value is -2.60. The molecule has 0 saturated heterocycles. The van der Waals surface area contributed by atoms with Gasteiger partial charge >= 0.3 is 0 Å². The molecule has 20 heavy (non-hydrogen) atoms. The van der Waals surface area contributed by atoms with E-state index in [0.29, 0.717) is 0 Å². The predicted molar refractivity (Wildman–Crippen MR) is 87.7 cm³/mol. The van der Waals surface area contributed by atoms with Crippen molar-refractivity contribution >= 4 is 43.1 Å². The largest absolute Gasteiger partial charge is 0.0616 e. The van der Waals surface area contributed by atoms with Gasteiger partial charge in [-0.15, -0.1) is 0 Å². The lowest BCUT2D eigenvalue weighted by molar-refractivity contribution is 1.78. The molecule has 0 atom stereocenters. The standard InChI is InChI=1S/C20H12/c1-2-7-17-15(4-1)12-16-9-8-13-5-3-6-14-10-11-18(17)20(16)19(13)14/h1-12H/i4+2. The van der Waals surface area contributed by atoms with Gasteiger partial charge in [0.15, 0.2) is 0 Å². The zero-order valence-corrected chi connectivity index (χ0v) is 10.9. The lowest BCUT2D eigenvalue weighted by Crippen LogP contribution is -1.85. The Bertz CT molecular complexity index is 1070. The van der Waals surface area contributed by atoms with Gasteiger partial charge in [-0.05, 0) is 49.2 Å². The van der Waals surface area contributed by atoms with Crippen LogP contribution in [0, 0.1) is 0 Å². The molecule has 0 unspecified atom stereocenters. The molecule has 0 saturated carbocycles. The minimum Gasteiger partial charge on any atom is -0.0616 e. The Morgan fingerprint density at radius 2 is 1.40 bits per heavy atom. The van der Waals surface area contributed by atoms with Gasteiger partial charge < -0.3 is 0 Å². The molecular formula is C20H12. The number of rotatable bonds is 0. The van der Waals surface area contributed by atoms with E-state index in [0.717, 1.165) is 0 Å². The lowest BCUT2D eigenvalue weighted by Gasteiger charge is -2.12. The van der Waals surface area contributed by atoms with Gasteiger partial charge in [-0.1, -0.05) is 66.7 Å². The summed E-state index contributed by atoms with van der Waals surface area (Å²) in [6, 6.07) is 26.5. The van der Waals surface area contributed by atoms with E-state index in [-0.39, 0.29) is 0 Å². The van der Waals surface area contributed by atoms with E-state index in [1.165, 1.54) is 43.1 Å². The smallest absolute Gasteiger partial charge is 0.00204 e. The van der Waals surface area contributed by atoms with Gasteiger partial charge in [0.25, 0.3) is 0 Å². The van der Waals surface area contributed by atoms with Crippen molar-refractivity contribution in [2.75, 3.05) is 0 Å². The first-order valence-corrected chi connectivity index (χ1v) is 6.97. The summed E-state index contributed by atoms with van der Waals surface area (Å²) >= 11 is 0. The van der Waals surface area contributed by atoms with Crippen LogP contribution in [-0.2, 0) is 0 Å². The Kier molecular flexibility index (Phi) is 1.78. The second-order valence-electron chi connectivity index (χ2n) is 5.45. The molecule has 0 bridgehead atoms. The van der Waals surface area contributed by atoms with Crippen molar-refractivity contribution in [2.24, 2.45) is 0 Å². The molecule has 0 spiro atoms. The van der Waals surface area contributed by atoms with Crippen molar-refractivity contribution in [1.29, 1.82) is 0 Å². The molecular weight excluding hydrogens is 242 g/mol. The fourth-order valence-corrected chi connectivity index (χ4v) is 3.49. The van der Waals surface area contributed by atoms with Crippen molar-refractivity contribution in [1.82, 2.24) is 0 Å². The first-order chi connectivity index (χ1) is 9.92. The molecule has 5 rings (SSSR count). The van der Waals surface area contributed by atoms with Gasteiger partial charge in [-0.25, -0.2) is 0 Å². The highest BCUT2D eigenvalue weighted by molar-refractivity contribution is 6.28. The number of hydrogen-bond acceptors (Lipinski definition) is 0. The van der Waals surface area contributed by atoms with E-state index in [1.807, 2.05) is 0 Å². The Morgan fingerprint density at radius 3 is 2.30 bits per heavy atom. The fraction of sp³-hybridized carbons (Fsp3) is 0. The minimum absolute atomic E-state index is 1.32. The normalized spacial score (nSPS) is 12.0. The summed E-state index contributed by atoms with van der Waals surface area (Å²) in [5.74, 6) is 0. The van der Waals surface area contributed by atoms with Crippen LogP contribution in [0.4, 0.5) is 0 Å². The van der Waals surface area contributed by atoms with Crippen LogP contribution in [0.5, 0.6) is 0 Å². The number of benzene rings is 5. The van der Waals surface area contributed by atoms with Crippen molar-refractivity contribution in [2.45, 2.75) is 0 Å². The topological polar surface area (TPSA) is 0 Å². The highest BCUT2D eigenvalue weighted by Gasteiger charge is 2.09. The highest BCUT2D eigenvalue weighted by atomic mass is 14.6. The summed E-state index contributed by atoms with van der Waals surface area (Å²) in [5.41, 5.74) is 0. The van der Waals surface area contributed by atoms with Crippen molar-refractivity contribution in [3.05, 3.63) is 72.8 Å². The summed E-state index contributed by atoms with van der Waals surface area (Å²) in [6.45, 7) is 0. The molecule has 0 aliphatic rings. The third-order valence-electron chi connectivity index (χ3n) is 4.37. The monoisotopic (exact) mass is 254 g/mol. The third-order valence-corrected chi connectivity index (χ3v) is 4.37. The second kappa shape index (κ2) is 3.49. The van der Waals surface area contributed by atoms with Gasteiger partial charge in [0.1, 0.15) is 0 Å². The average molecular weight is 254 g/mol. The van der Waals surface area contributed by atoms with Gasteiger partial charge in [-0.2, -0.15) is 0 Å². The number of hydrogen-bond donors (Lipinski definition) is 0. The van der Waals surface area contributed by atoms with Gasteiger partial charge in [-0.3, -0.25) is 0 Å². The second-order valence-corrected chi connectivity index (χ2v) is 5.45. The Labute approximate surface area is 116 Å². The van der Waals surface area contributed by atoms with E-state index in [9.17, 15) is 0 Å². The average Bonchev–Trinajstić information content (AvgIpc) is 2.52. The third kappa shape index (κ3) is 1.16. The van der Waals surface area contributed by atoms with E-state index in [4.69, 9.17) is 0 Å². The Balaban J connectivity index is 2.23. The molecule has 0 aromatic heterocycles. The van der Waals surface area contributed by atoms with Crippen LogP contribution in [0.3, 0.4) is 0 Å². The quantitative estimate of drug-likeness (QED) is 0.244. The Morgan fingerprint density at radius 1 is 0.600 bits per heavy atom. The van der Waals surface area contributed by atoms with E-state index >= 15 is 0 Å². The molecule has 5 aromatic rings. The van der Waals surface area contributed by atoms with E-state index < -0.39 is 0 Å². The van der Waals surface area contributed by atoms with Crippen LogP contribution in [0.2, 0.25) is 0 Å². The first-order valence-electron chi connectivity index (χ1n) is 6.97. The molecule has 0 heteroatoms. The zero-order valence-electron chi connectivity index (χ0n) is 10.9. The molecule has 0 radical (unpaired) electrons. The van der Waals surface area contributed by atoms with Crippen LogP contribution < -0.4 is 0 Å². The van der Waals surface area contributed by atoms with Crippen molar-refractivity contribution in [3.8, 4) is 0 Å². The SMILES string of the molecule is c1cc2ccc3cc4[14cH]cccc4c4ccc(c1)c2c34. The van der Waals surface area contributed by atoms with Crippen LogP contribution in [0.15, 0.2) is 72.8 Å². The molecule has 0 N–H and O–H groups in total. The van der Waals surface area contributed by atoms with E-state index in [2.05, 4.69) is 72.8 Å². The van der Waals surface area contributed by atoms with Crippen molar-refractivity contribution < 1.29 is 0 Å². The van der Waals surface area contributed by atoms with Crippen LogP contribution in [0.1, 0.15) is 0 Å². The first kappa shape index (κ1) is 10.2. The summed E-state index contributed by atoms with van der Waals surface area (Å²) in [7, 11) is 0. The van der Waals surface area contributed by atoms with Gasteiger partial charge in [0, 0.05) is 0 Å². The molecule has 5 aromatic carbocycles. The number of fused-ring (bicyclic) bond motifs is 2. The van der Waals surface area contributed by atoms with Crippen molar-refractivity contribution in [3.63, 3.8) is 0 Å². The van der Waals surface area contributed by atoms with Gasteiger partial charge in [0.05, 0.1) is 0 Å². The summed E-state index contributed by atoms with van der Waals surface area (Å²) in [5, 5.41) is 10.8. The molecule has 0 nitrogen and oxygen atoms in total. The molecule has 0 amide bonds. The minimum atomic E-state index is 1.32. The predicted octanol–water partition coefficient (Wildman–Crippen LogP) is 5.74. The maximum absolute atomic E-state index is 2.31. The summed E-state index contributed by atoms with van der Waals surface area (Å²) in [4.78, 5) is 0. The van der Waals surface area contributed by atoms with Crippen LogP contribution >= 0.6 is 0 Å². The lowest BCUT2D eigenvalue weighted by atomic mass is 9.92. The maximum Gasteiger partial charge on any atom is -0.00204 e. The van der Waals surface area contributed by atoms with Gasteiger partial charge in [0.2, 0.25) is 0 Å². The van der Waals surface area contributed by atoms with E-state index in [1.54, 1.807) is 0 Å². The van der Waals surface area contributed by atoms with Crippen LogP contribution in [0.25, 0.3) is 43.1 Å². The summed E-state index contributed by atoms with van der Waals surface area (Å²) in [6.07, 6.45) is 0. The molecule has 0 aliphatic carbocycles. The molecule has 92 valence electrons. The molecule has 0 fully saturated rings. The zero-order chi connectivity index (χ0) is 13.1. The maximum atomic E-state index is 2.31. The van der Waals surface area contributed by atoms with Crippen LogP contribution in [-0.4, -0.2) is 0 Å². The highest BCUT2D eigenvalue weighted by Crippen LogP contribution is 2.38. The fourth-order valence-electron chi connectivity index (χ4n) is 3.49.